The molecule has 0 aliphatic rings. The highest BCUT2D eigenvalue weighted by Crippen LogP contribution is 2.07. The second kappa shape index (κ2) is 9.39. The summed E-state index contributed by atoms with van der Waals surface area (Å²) >= 11 is 1.46. The SMILES string of the molecule is O=C(CSCCc1ccccc1)N[C@H](CCO)C(=O)O. The lowest BCUT2D eigenvalue weighted by molar-refractivity contribution is -0.141. The first kappa shape index (κ1) is 16.5. The number of carboxylic acid groups (broad SMARTS) is 1. The molecule has 1 aromatic carbocycles. The summed E-state index contributed by atoms with van der Waals surface area (Å²) in [6.07, 6.45) is 0.896. The zero-order chi connectivity index (χ0) is 14.8. The maximum absolute atomic E-state index is 11.6. The van der Waals surface area contributed by atoms with E-state index in [4.69, 9.17) is 10.2 Å². The number of carbonyl (C=O) groups excluding carboxylic acids is 1. The van der Waals surface area contributed by atoms with Crippen molar-refractivity contribution < 1.29 is 19.8 Å². The molecule has 6 heteroatoms. The van der Waals surface area contributed by atoms with Gasteiger partial charge in [0.15, 0.2) is 0 Å². The van der Waals surface area contributed by atoms with E-state index >= 15 is 0 Å². The van der Waals surface area contributed by atoms with E-state index in [1.165, 1.54) is 17.3 Å². The smallest absolute Gasteiger partial charge is 0.326 e. The number of hydrogen-bond donors (Lipinski definition) is 3. The topological polar surface area (TPSA) is 86.6 Å². The van der Waals surface area contributed by atoms with Gasteiger partial charge in [-0.3, -0.25) is 4.79 Å². The standard InChI is InChI=1S/C14H19NO4S/c16-8-6-12(14(18)19)15-13(17)10-20-9-7-11-4-2-1-3-5-11/h1-5,12,16H,6-10H2,(H,15,17)(H,18,19)/t12-/m1/s1. The lowest BCUT2D eigenvalue weighted by Crippen LogP contribution is -2.42. The molecule has 1 atom stereocenters. The lowest BCUT2D eigenvalue weighted by atomic mass is 10.2. The van der Waals surface area contributed by atoms with Crippen LogP contribution in [0, 0.1) is 0 Å². The van der Waals surface area contributed by atoms with Crippen LogP contribution >= 0.6 is 11.8 Å². The van der Waals surface area contributed by atoms with E-state index in [9.17, 15) is 9.59 Å². The number of amides is 1. The number of aliphatic hydroxyl groups is 1. The van der Waals surface area contributed by atoms with Crippen molar-refractivity contribution in [2.75, 3.05) is 18.1 Å². The number of benzene rings is 1. The van der Waals surface area contributed by atoms with Crippen molar-refractivity contribution in [3.8, 4) is 0 Å². The third-order valence-electron chi connectivity index (χ3n) is 2.66. The largest absolute Gasteiger partial charge is 0.480 e. The van der Waals surface area contributed by atoms with Gasteiger partial charge in [0.25, 0.3) is 0 Å². The fourth-order valence-corrected chi connectivity index (χ4v) is 2.42. The van der Waals surface area contributed by atoms with Gasteiger partial charge in [0.2, 0.25) is 5.91 Å². The Morgan fingerprint density at radius 3 is 2.55 bits per heavy atom. The van der Waals surface area contributed by atoms with Crippen LogP contribution in [0.1, 0.15) is 12.0 Å². The van der Waals surface area contributed by atoms with Gasteiger partial charge < -0.3 is 15.5 Å². The first-order valence-corrected chi connectivity index (χ1v) is 7.53. The molecule has 0 aliphatic carbocycles. The first-order chi connectivity index (χ1) is 9.63. The molecule has 1 aromatic rings. The summed E-state index contributed by atoms with van der Waals surface area (Å²) < 4.78 is 0. The molecule has 0 aromatic heterocycles. The Morgan fingerprint density at radius 2 is 1.95 bits per heavy atom. The van der Waals surface area contributed by atoms with Gasteiger partial charge in [0.1, 0.15) is 6.04 Å². The van der Waals surface area contributed by atoms with Crippen LogP contribution in [-0.2, 0) is 16.0 Å². The van der Waals surface area contributed by atoms with Gasteiger partial charge in [-0.15, -0.1) is 0 Å². The van der Waals surface area contributed by atoms with Gasteiger partial charge in [-0.25, -0.2) is 4.79 Å². The number of nitrogens with one attached hydrogen (secondary N) is 1. The Labute approximate surface area is 122 Å². The van der Waals surface area contributed by atoms with Crippen LogP contribution in [0.5, 0.6) is 0 Å². The molecule has 1 rings (SSSR count). The van der Waals surface area contributed by atoms with Gasteiger partial charge in [0, 0.05) is 13.0 Å². The van der Waals surface area contributed by atoms with Gasteiger partial charge in [-0.05, 0) is 17.7 Å². The van der Waals surface area contributed by atoms with Crippen molar-refractivity contribution in [1.29, 1.82) is 0 Å². The second-order valence-corrected chi connectivity index (χ2v) is 5.36. The highest BCUT2D eigenvalue weighted by Gasteiger charge is 2.18. The third-order valence-corrected chi connectivity index (χ3v) is 3.62. The summed E-state index contributed by atoms with van der Waals surface area (Å²) in [6.45, 7) is -0.265. The zero-order valence-electron chi connectivity index (χ0n) is 11.1. The number of aliphatic hydroxyl groups excluding tert-OH is 1. The number of carboxylic acids is 1. The number of thioether (sulfide) groups is 1. The molecule has 1 amide bonds. The average molecular weight is 297 g/mol. The van der Waals surface area contributed by atoms with Crippen LogP contribution in [0.3, 0.4) is 0 Å². The first-order valence-electron chi connectivity index (χ1n) is 6.38. The summed E-state index contributed by atoms with van der Waals surface area (Å²) in [6, 6.07) is 8.95. The van der Waals surface area contributed by atoms with Crippen LogP contribution in [-0.4, -0.2) is 46.2 Å². The molecule has 0 fully saturated rings. The maximum Gasteiger partial charge on any atom is 0.326 e. The number of rotatable bonds is 9. The highest BCUT2D eigenvalue weighted by molar-refractivity contribution is 7.99. The molecule has 20 heavy (non-hydrogen) atoms. The Hall–Kier alpha value is -1.53. The number of hydrogen-bond acceptors (Lipinski definition) is 4. The molecule has 110 valence electrons. The van der Waals surface area contributed by atoms with Crippen LogP contribution in [0.25, 0.3) is 0 Å². The summed E-state index contributed by atoms with van der Waals surface area (Å²) in [7, 11) is 0. The molecule has 0 saturated heterocycles. The summed E-state index contributed by atoms with van der Waals surface area (Å²) in [5.41, 5.74) is 1.21. The minimum absolute atomic E-state index is 0.0236. The molecule has 0 unspecified atom stereocenters. The average Bonchev–Trinajstić information content (AvgIpc) is 2.44. The molecule has 0 saturated carbocycles. The van der Waals surface area contributed by atoms with Gasteiger partial charge in [-0.1, -0.05) is 30.3 Å². The fraction of sp³-hybridized carbons (Fsp3) is 0.429. The normalized spacial score (nSPS) is 11.8. The van der Waals surface area contributed by atoms with Crippen molar-refractivity contribution in [3.63, 3.8) is 0 Å². The van der Waals surface area contributed by atoms with E-state index in [0.29, 0.717) is 0 Å². The fourth-order valence-electron chi connectivity index (χ4n) is 1.62. The summed E-state index contributed by atoms with van der Waals surface area (Å²) in [5, 5.41) is 20.0. The molecular weight excluding hydrogens is 278 g/mol. The van der Waals surface area contributed by atoms with Crippen LogP contribution in [0.15, 0.2) is 30.3 Å². The molecule has 5 nitrogen and oxygen atoms in total. The van der Waals surface area contributed by atoms with E-state index in [1.807, 2.05) is 30.3 Å². The number of aryl methyl sites for hydroxylation is 1. The Kier molecular flexibility index (Phi) is 7.75. The van der Waals surface area contributed by atoms with Crippen molar-refractivity contribution >= 4 is 23.6 Å². The molecule has 0 bridgehead atoms. The van der Waals surface area contributed by atoms with E-state index in [2.05, 4.69) is 5.32 Å². The van der Waals surface area contributed by atoms with Crippen LogP contribution < -0.4 is 5.32 Å². The molecule has 0 aliphatic heterocycles. The van der Waals surface area contributed by atoms with Gasteiger partial charge in [-0.2, -0.15) is 11.8 Å². The maximum atomic E-state index is 11.6. The predicted octanol–water partition coefficient (Wildman–Crippen LogP) is 0.914. The molecular formula is C14H19NO4S. The molecule has 3 N–H and O–H groups in total. The molecule has 0 heterocycles. The van der Waals surface area contributed by atoms with E-state index in [1.54, 1.807) is 0 Å². The molecule has 0 radical (unpaired) electrons. The van der Waals surface area contributed by atoms with Crippen molar-refractivity contribution in [1.82, 2.24) is 5.32 Å². The summed E-state index contributed by atoms with van der Waals surface area (Å²) in [5.74, 6) is -0.414. The van der Waals surface area contributed by atoms with Gasteiger partial charge >= 0.3 is 5.97 Å². The van der Waals surface area contributed by atoms with Crippen molar-refractivity contribution in [2.24, 2.45) is 0 Å². The van der Waals surface area contributed by atoms with Gasteiger partial charge in [0.05, 0.1) is 5.75 Å². The lowest BCUT2D eigenvalue weighted by Gasteiger charge is -2.12. The second-order valence-electron chi connectivity index (χ2n) is 4.26. The minimum atomic E-state index is -1.12. The third kappa shape index (κ3) is 6.58. The Balaban J connectivity index is 2.21. The summed E-state index contributed by atoms with van der Waals surface area (Å²) in [4.78, 5) is 22.4. The monoisotopic (exact) mass is 297 g/mol. The predicted molar refractivity (Wildman–Crippen MR) is 78.7 cm³/mol. The zero-order valence-corrected chi connectivity index (χ0v) is 11.9. The Morgan fingerprint density at radius 1 is 1.25 bits per heavy atom. The van der Waals surface area contributed by atoms with E-state index in [0.717, 1.165) is 12.2 Å². The highest BCUT2D eigenvalue weighted by atomic mass is 32.2. The number of carbonyl (C=O) groups is 2. The van der Waals surface area contributed by atoms with Crippen LogP contribution in [0.4, 0.5) is 0 Å². The van der Waals surface area contributed by atoms with E-state index < -0.39 is 12.0 Å². The Bertz CT molecular complexity index is 424. The number of aliphatic carboxylic acids is 1. The quantitative estimate of drug-likeness (QED) is 0.590. The van der Waals surface area contributed by atoms with Crippen molar-refractivity contribution in [2.45, 2.75) is 18.9 Å². The van der Waals surface area contributed by atoms with Crippen molar-refractivity contribution in [3.05, 3.63) is 35.9 Å². The van der Waals surface area contributed by atoms with Crippen LogP contribution in [0.2, 0.25) is 0 Å². The van der Waals surface area contributed by atoms with E-state index in [-0.39, 0.29) is 24.7 Å². The molecule has 0 spiro atoms. The minimum Gasteiger partial charge on any atom is -0.480 e.